The third-order valence-corrected chi connectivity index (χ3v) is 4.68. The minimum Gasteiger partial charge on any atom is -0.354 e. The summed E-state index contributed by atoms with van der Waals surface area (Å²) in [5.41, 5.74) is 5.46. The van der Waals surface area contributed by atoms with E-state index in [-0.39, 0.29) is 5.91 Å². The Bertz CT molecular complexity index is 430. The zero-order chi connectivity index (χ0) is 13.7. The fraction of sp³-hybridized carbons (Fsp3) is 0.500. The summed E-state index contributed by atoms with van der Waals surface area (Å²) in [5, 5.41) is 3.68. The van der Waals surface area contributed by atoms with Gasteiger partial charge in [-0.3, -0.25) is 4.79 Å². The van der Waals surface area contributed by atoms with Gasteiger partial charge in [0.1, 0.15) is 0 Å². The molecule has 5 heteroatoms. The van der Waals surface area contributed by atoms with Crippen LogP contribution in [-0.4, -0.2) is 23.7 Å². The van der Waals surface area contributed by atoms with Crippen LogP contribution in [0.1, 0.15) is 25.7 Å². The lowest BCUT2D eigenvalue weighted by molar-refractivity contribution is -0.126. The first-order valence-corrected chi connectivity index (χ1v) is 7.92. The standard InChI is InChI=1S/C14H19ClN2OS/c15-11-3-5-12(6-4-11)19-10-9-17-13(18)14(16)7-1-2-8-14/h3-6H,1-2,7-10,16H2,(H,17,18). The fourth-order valence-corrected chi connectivity index (χ4v) is 3.17. The van der Waals surface area contributed by atoms with Gasteiger partial charge in [-0.2, -0.15) is 0 Å². The summed E-state index contributed by atoms with van der Waals surface area (Å²) in [6.45, 7) is 0.644. The van der Waals surface area contributed by atoms with Crippen LogP contribution < -0.4 is 11.1 Å². The molecule has 2 rings (SSSR count). The molecule has 1 aliphatic rings. The molecule has 0 saturated heterocycles. The molecule has 3 N–H and O–H groups in total. The molecule has 1 fully saturated rings. The van der Waals surface area contributed by atoms with Crippen LogP contribution in [0.25, 0.3) is 0 Å². The molecule has 1 aromatic rings. The van der Waals surface area contributed by atoms with Crippen molar-refractivity contribution < 1.29 is 4.79 Å². The highest BCUT2D eigenvalue weighted by molar-refractivity contribution is 7.99. The first-order valence-electron chi connectivity index (χ1n) is 6.56. The topological polar surface area (TPSA) is 55.1 Å². The molecule has 0 aliphatic heterocycles. The number of thioether (sulfide) groups is 1. The molecular formula is C14H19ClN2OS. The second kappa shape index (κ2) is 6.64. The molecule has 1 amide bonds. The summed E-state index contributed by atoms with van der Waals surface area (Å²) in [5.74, 6) is 0.838. The molecular weight excluding hydrogens is 280 g/mol. The Kier molecular flexibility index (Phi) is 5.13. The van der Waals surface area contributed by atoms with E-state index in [1.54, 1.807) is 11.8 Å². The first-order chi connectivity index (χ1) is 9.10. The largest absolute Gasteiger partial charge is 0.354 e. The number of hydrogen-bond donors (Lipinski definition) is 2. The van der Waals surface area contributed by atoms with Crippen LogP contribution in [0.2, 0.25) is 5.02 Å². The Morgan fingerprint density at radius 2 is 1.95 bits per heavy atom. The SMILES string of the molecule is NC1(C(=O)NCCSc2ccc(Cl)cc2)CCCC1. The molecule has 1 saturated carbocycles. The van der Waals surface area contributed by atoms with Crippen molar-refractivity contribution in [2.75, 3.05) is 12.3 Å². The fourth-order valence-electron chi connectivity index (χ4n) is 2.27. The minimum absolute atomic E-state index is 0.00158. The van der Waals surface area contributed by atoms with Crippen molar-refractivity contribution in [1.82, 2.24) is 5.32 Å². The zero-order valence-corrected chi connectivity index (χ0v) is 12.4. The quantitative estimate of drug-likeness (QED) is 0.649. The van der Waals surface area contributed by atoms with E-state index in [2.05, 4.69) is 5.32 Å². The lowest BCUT2D eigenvalue weighted by Crippen LogP contribution is -2.52. The smallest absolute Gasteiger partial charge is 0.240 e. The van der Waals surface area contributed by atoms with Gasteiger partial charge < -0.3 is 11.1 Å². The molecule has 0 aromatic heterocycles. The Labute approximate surface area is 123 Å². The average molecular weight is 299 g/mol. The summed E-state index contributed by atoms with van der Waals surface area (Å²) in [6, 6.07) is 7.71. The van der Waals surface area contributed by atoms with E-state index in [1.807, 2.05) is 24.3 Å². The second-order valence-corrected chi connectivity index (χ2v) is 6.53. The van der Waals surface area contributed by atoms with Crippen molar-refractivity contribution >= 4 is 29.3 Å². The summed E-state index contributed by atoms with van der Waals surface area (Å²) in [7, 11) is 0. The predicted octanol–water partition coefficient (Wildman–Crippen LogP) is 2.82. The minimum atomic E-state index is -0.620. The van der Waals surface area contributed by atoms with E-state index in [0.29, 0.717) is 6.54 Å². The van der Waals surface area contributed by atoms with Crippen molar-refractivity contribution in [3.8, 4) is 0 Å². The molecule has 19 heavy (non-hydrogen) atoms. The van der Waals surface area contributed by atoms with E-state index < -0.39 is 5.54 Å². The van der Waals surface area contributed by atoms with Crippen molar-refractivity contribution in [2.24, 2.45) is 5.73 Å². The van der Waals surface area contributed by atoms with Crippen LogP contribution in [-0.2, 0) is 4.79 Å². The van der Waals surface area contributed by atoms with Gasteiger partial charge >= 0.3 is 0 Å². The average Bonchev–Trinajstić information content (AvgIpc) is 2.85. The highest BCUT2D eigenvalue weighted by Gasteiger charge is 2.36. The highest BCUT2D eigenvalue weighted by Crippen LogP contribution is 2.27. The lowest BCUT2D eigenvalue weighted by atomic mass is 9.98. The summed E-state index contributed by atoms with van der Waals surface area (Å²) in [4.78, 5) is 13.1. The normalized spacial score (nSPS) is 17.4. The van der Waals surface area contributed by atoms with Crippen LogP contribution in [0, 0.1) is 0 Å². The Morgan fingerprint density at radius 1 is 1.32 bits per heavy atom. The Morgan fingerprint density at radius 3 is 2.58 bits per heavy atom. The van der Waals surface area contributed by atoms with Gasteiger partial charge in [0.15, 0.2) is 0 Å². The number of benzene rings is 1. The highest BCUT2D eigenvalue weighted by atomic mass is 35.5. The number of carbonyl (C=O) groups excluding carboxylic acids is 1. The number of carbonyl (C=O) groups is 1. The number of amides is 1. The number of nitrogens with one attached hydrogen (secondary N) is 1. The molecule has 0 spiro atoms. The molecule has 0 heterocycles. The lowest BCUT2D eigenvalue weighted by Gasteiger charge is -2.22. The third kappa shape index (κ3) is 4.13. The maximum absolute atomic E-state index is 12.0. The van der Waals surface area contributed by atoms with Crippen LogP contribution in [0.4, 0.5) is 0 Å². The second-order valence-electron chi connectivity index (χ2n) is 4.92. The molecule has 1 aliphatic carbocycles. The van der Waals surface area contributed by atoms with Crippen molar-refractivity contribution in [1.29, 1.82) is 0 Å². The summed E-state index contributed by atoms with van der Waals surface area (Å²) in [6.07, 6.45) is 3.74. The summed E-state index contributed by atoms with van der Waals surface area (Å²) < 4.78 is 0. The van der Waals surface area contributed by atoms with Crippen LogP contribution in [0.5, 0.6) is 0 Å². The van der Waals surface area contributed by atoms with E-state index in [1.165, 1.54) is 0 Å². The van der Waals surface area contributed by atoms with Gasteiger partial charge in [-0.1, -0.05) is 24.4 Å². The van der Waals surface area contributed by atoms with Gasteiger partial charge in [0.25, 0.3) is 0 Å². The van der Waals surface area contributed by atoms with Gasteiger partial charge in [-0.05, 0) is 37.1 Å². The van der Waals surface area contributed by atoms with Crippen molar-refractivity contribution in [2.45, 2.75) is 36.1 Å². The van der Waals surface area contributed by atoms with E-state index in [4.69, 9.17) is 17.3 Å². The monoisotopic (exact) mass is 298 g/mol. The molecule has 0 bridgehead atoms. The predicted molar refractivity (Wildman–Crippen MR) is 80.6 cm³/mol. The Hall–Kier alpha value is -0.710. The Balaban J connectivity index is 1.69. The third-order valence-electron chi connectivity index (χ3n) is 3.42. The van der Waals surface area contributed by atoms with Gasteiger partial charge in [-0.15, -0.1) is 11.8 Å². The van der Waals surface area contributed by atoms with E-state index in [9.17, 15) is 4.79 Å². The van der Waals surface area contributed by atoms with Gasteiger partial charge in [-0.25, -0.2) is 0 Å². The molecule has 104 valence electrons. The molecule has 0 atom stereocenters. The number of halogens is 1. The van der Waals surface area contributed by atoms with Crippen LogP contribution in [0.15, 0.2) is 29.2 Å². The number of rotatable bonds is 5. The molecule has 0 radical (unpaired) electrons. The van der Waals surface area contributed by atoms with Crippen LogP contribution >= 0.6 is 23.4 Å². The number of nitrogens with two attached hydrogens (primary N) is 1. The summed E-state index contributed by atoms with van der Waals surface area (Å²) >= 11 is 7.52. The molecule has 0 unspecified atom stereocenters. The van der Waals surface area contributed by atoms with E-state index >= 15 is 0 Å². The van der Waals surface area contributed by atoms with Gasteiger partial charge in [0.2, 0.25) is 5.91 Å². The van der Waals surface area contributed by atoms with E-state index in [0.717, 1.165) is 41.4 Å². The van der Waals surface area contributed by atoms with Crippen molar-refractivity contribution in [3.05, 3.63) is 29.3 Å². The van der Waals surface area contributed by atoms with Gasteiger partial charge in [0.05, 0.1) is 5.54 Å². The first kappa shape index (κ1) is 14.7. The molecule has 3 nitrogen and oxygen atoms in total. The molecule has 1 aromatic carbocycles. The maximum atomic E-state index is 12.0. The van der Waals surface area contributed by atoms with Crippen LogP contribution in [0.3, 0.4) is 0 Å². The zero-order valence-electron chi connectivity index (χ0n) is 10.8. The maximum Gasteiger partial charge on any atom is 0.240 e. The van der Waals surface area contributed by atoms with Gasteiger partial charge in [0, 0.05) is 22.2 Å². The number of hydrogen-bond acceptors (Lipinski definition) is 3. The van der Waals surface area contributed by atoms with Crippen molar-refractivity contribution in [3.63, 3.8) is 0 Å².